The lowest BCUT2D eigenvalue weighted by atomic mass is 10.0. The molecule has 2 aliphatic rings. The van der Waals surface area contributed by atoms with Gasteiger partial charge >= 0.3 is 5.97 Å². The smallest absolute Gasteiger partial charge is 0.307 e. The highest BCUT2D eigenvalue weighted by Crippen LogP contribution is 2.59. The van der Waals surface area contributed by atoms with Crippen LogP contribution in [0.5, 0.6) is 5.75 Å². The minimum absolute atomic E-state index is 0.00227. The number of benzene rings is 2. The van der Waals surface area contributed by atoms with Gasteiger partial charge in [0.25, 0.3) is 10.0 Å². The number of aliphatic carboxylic acids is 1. The molecule has 0 saturated heterocycles. The molecule has 3 atom stereocenters. The number of sulfonamides is 1. The van der Waals surface area contributed by atoms with E-state index in [1.807, 2.05) is 18.2 Å². The Morgan fingerprint density at radius 2 is 1.97 bits per heavy atom. The molecule has 8 heteroatoms. The lowest BCUT2D eigenvalue weighted by molar-refractivity contribution is -0.139. The number of carboxylic acids is 1. The molecule has 7 nitrogen and oxygen atoms in total. The number of anilines is 1. The Bertz CT molecular complexity index is 1140. The molecule has 0 amide bonds. The average Bonchev–Trinajstić information content (AvgIpc) is 3.52. The van der Waals surface area contributed by atoms with Crippen LogP contribution >= 0.6 is 0 Å². The first kappa shape index (κ1) is 22.4. The molecule has 2 aromatic rings. The highest BCUT2D eigenvalue weighted by molar-refractivity contribution is 7.92. The number of nitrogens with zero attached hydrogens (tertiary/aromatic N) is 1. The number of hydrogen-bond acceptors (Lipinski definition) is 5. The number of nitrogens with one attached hydrogen (secondary N) is 1. The first-order valence-corrected chi connectivity index (χ1v) is 12.3. The SMILES string of the molecule is CCN(CC)C/C=C\c1ccccc1S(=O)(=O)Nc1ccc2c(c1)OC[C@H]1C(C(=O)O)[C@@H]21. The number of carbonyl (C=O) groups is 1. The van der Waals surface area contributed by atoms with Crippen LogP contribution < -0.4 is 9.46 Å². The zero-order valence-electron chi connectivity index (χ0n) is 18.2. The van der Waals surface area contributed by atoms with Crippen LogP contribution in [0.4, 0.5) is 5.69 Å². The second kappa shape index (κ2) is 8.96. The quantitative estimate of drug-likeness (QED) is 0.598. The van der Waals surface area contributed by atoms with Gasteiger partial charge in [-0.3, -0.25) is 9.52 Å². The number of rotatable bonds is 9. The van der Waals surface area contributed by atoms with Gasteiger partial charge < -0.3 is 14.7 Å². The number of carboxylic acid groups (broad SMARTS) is 1. The zero-order valence-corrected chi connectivity index (χ0v) is 19.0. The molecular weight excluding hydrogens is 428 g/mol. The van der Waals surface area contributed by atoms with Crippen molar-refractivity contribution < 1.29 is 23.1 Å². The summed E-state index contributed by atoms with van der Waals surface area (Å²) < 4.78 is 34.6. The van der Waals surface area contributed by atoms with Crippen molar-refractivity contribution in [3.8, 4) is 5.75 Å². The van der Waals surface area contributed by atoms with Crippen molar-refractivity contribution in [2.24, 2.45) is 11.8 Å². The molecule has 1 saturated carbocycles. The molecule has 1 unspecified atom stereocenters. The summed E-state index contributed by atoms with van der Waals surface area (Å²) in [6.45, 7) is 7.12. The van der Waals surface area contributed by atoms with Crippen LogP contribution in [-0.4, -0.2) is 50.6 Å². The molecule has 32 heavy (non-hydrogen) atoms. The molecule has 2 aromatic carbocycles. The Labute approximate surface area is 188 Å². The van der Waals surface area contributed by atoms with Gasteiger partial charge in [-0.1, -0.05) is 50.3 Å². The maximum Gasteiger partial charge on any atom is 0.307 e. The number of fused-ring (bicyclic) bond motifs is 3. The molecule has 0 spiro atoms. The van der Waals surface area contributed by atoms with E-state index in [9.17, 15) is 18.3 Å². The largest absolute Gasteiger partial charge is 0.493 e. The van der Waals surface area contributed by atoms with Crippen LogP contribution in [0, 0.1) is 11.8 Å². The van der Waals surface area contributed by atoms with E-state index in [2.05, 4.69) is 23.5 Å². The molecule has 1 aliphatic carbocycles. The zero-order chi connectivity index (χ0) is 22.9. The van der Waals surface area contributed by atoms with Gasteiger partial charge in [-0.05, 0) is 36.3 Å². The molecule has 0 aromatic heterocycles. The van der Waals surface area contributed by atoms with E-state index in [0.717, 1.165) is 25.2 Å². The van der Waals surface area contributed by atoms with E-state index in [1.54, 1.807) is 36.4 Å². The van der Waals surface area contributed by atoms with Crippen molar-refractivity contribution in [1.29, 1.82) is 0 Å². The fourth-order valence-electron chi connectivity index (χ4n) is 4.41. The Balaban J connectivity index is 1.53. The van der Waals surface area contributed by atoms with E-state index in [-0.39, 0.29) is 16.7 Å². The van der Waals surface area contributed by atoms with E-state index < -0.39 is 21.9 Å². The van der Waals surface area contributed by atoms with E-state index in [0.29, 0.717) is 23.6 Å². The van der Waals surface area contributed by atoms with Crippen molar-refractivity contribution in [2.45, 2.75) is 24.7 Å². The maximum atomic E-state index is 13.1. The fraction of sp³-hybridized carbons (Fsp3) is 0.375. The van der Waals surface area contributed by atoms with Crippen LogP contribution in [0.2, 0.25) is 0 Å². The van der Waals surface area contributed by atoms with Gasteiger partial charge in [0.05, 0.1) is 23.1 Å². The average molecular weight is 457 g/mol. The minimum atomic E-state index is -3.82. The Hall–Kier alpha value is -2.84. The van der Waals surface area contributed by atoms with Gasteiger partial charge in [0.15, 0.2) is 0 Å². The molecule has 0 radical (unpaired) electrons. The van der Waals surface area contributed by atoms with E-state index >= 15 is 0 Å². The third kappa shape index (κ3) is 4.38. The number of likely N-dealkylation sites (N-methyl/N-ethyl adjacent to an activating group) is 1. The fourth-order valence-corrected chi connectivity index (χ4v) is 5.66. The van der Waals surface area contributed by atoms with E-state index in [1.165, 1.54) is 0 Å². The normalized spacial score (nSPS) is 21.7. The molecule has 2 N–H and O–H groups in total. The summed E-state index contributed by atoms with van der Waals surface area (Å²) in [5.41, 5.74) is 1.83. The Morgan fingerprint density at radius 3 is 2.69 bits per heavy atom. The predicted molar refractivity (Wildman–Crippen MR) is 123 cm³/mol. The Kier molecular flexibility index (Phi) is 6.26. The molecule has 1 aliphatic heterocycles. The lowest BCUT2D eigenvalue weighted by Gasteiger charge is -2.18. The molecular formula is C24H28N2O5S. The first-order valence-electron chi connectivity index (χ1n) is 10.9. The summed E-state index contributed by atoms with van der Waals surface area (Å²) in [6, 6.07) is 11.9. The van der Waals surface area contributed by atoms with Crippen LogP contribution in [0.3, 0.4) is 0 Å². The topological polar surface area (TPSA) is 95.9 Å². The van der Waals surface area contributed by atoms with Crippen LogP contribution in [-0.2, 0) is 14.8 Å². The van der Waals surface area contributed by atoms with Crippen LogP contribution in [0.1, 0.15) is 30.9 Å². The Morgan fingerprint density at radius 1 is 1.22 bits per heavy atom. The first-order chi connectivity index (χ1) is 15.4. The van der Waals surface area contributed by atoms with Gasteiger partial charge in [0.1, 0.15) is 5.75 Å². The summed E-state index contributed by atoms with van der Waals surface area (Å²) in [6.07, 6.45) is 3.81. The van der Waals surface area contributed by atoms with Crippen LogP contribution in [0.15, 0.2) is 53.4 Å². The summed E-state index contributed by atoms with van der Waals surface area (Å²) in [5.74, 6) is -0.751. The minimum Gasteiger partial charge on any atom is -0.493 e. The van der Waals surface area contributed by atoms with Gasteiger partial charge in [-0.2, -0.15) is 0 Å². The summed E-state index contributed by atoms with van der Waals surface area (Å²) >= 11 is 0. The van der Waals surface area contributed by atoms with Crippen molar-refractivity contribution >= 4 is 27.8 Å². The van der Waals surface area contributed by atoms with Crippen LogP contribution in [0.25, 0.3) is 6.08 Å². The van der Waals surface area contributed by atoms with Crippen molar-refractivity contribution in [2.75, 3.05) is 31.0 Å². The monoisotopic (exact) mass is 456 g/mol. The van der Waals surface area contributed by atoms with Gasteiger partial charge in [-0.25, -0.2) is 8.42 Å². The van der Waals surface area contributed by atoms with Crippen molar-refractivity contribution in [3.63, 3.8) is 0 Å². The van der Waals surface area contributed by atoms with Gasteiger partial charge in [-0.15, -0.1) is 0 Å². The van der Waals surface area contributed by atoms with Gasteiger partial charge in [0.2, 0.25) is 0 Å². The van der Waals surface area contributed by atoms with Crippen molar-refractivity contribution in [1.82, 2.24) is 4.90 Å². The standard InChI is InChI=1S/C24H28N2O5S/c1-3-26(4-2)13-7-9-16-8-5-6-10-21(16)32(29,30)25-17-11-12-18-20(14-17)31-15-19-22(18)23(19)24(27)28/h5-12,14,19,22-23,25H,3-4,13,15H2,1-2H3,(H,27,28)/b9-7-/t19-,22+,23?/m1/s1. The molecule has 0 bridgehead atoms. The molecule has 4 rings (SSSR count). The molecule has 170 valence electrons. The second-order valence-electron chi connectivity index (χ2n) is 8.15. The lowest BCUT2D eigenvalue weighted by Crippen LogP contribution is -2.22. The number of hydrogen-bond donors (Lipinski definition) is 2. The van der Waals surface area contributed by atoms with Gasteiger partial charge in [0, 0.05) is 24.4 Å². The highest BCUT2D eigenvalue weighted by atomic mass is 32.2. The predicted octanol–water partition coefficient (Wildman–Crippen LogP) is 3.65. The maximum absolute atomic E-state index is 13.1. The third-order valence-corrected chi connectivity index (χ3v) is 7.73. The molecule has 1 heterocycles. The summed E-state index contributed by atoms with van der Waals surface area (Å²) in [4.78, 5) is 13.8. The highest BCUT2D eigenvalue weighted by Gasteiger charge is 2.59. The third-order valence-electron chi connectivity index (χ3n) is 6.27. The summed E-state index contributed by atoms with van der Waals surface area (Å²) in [7, 11) is -3.82. The van der Waals surface area contributed by atoms with Crippen molar-refractivity contribution in [3.05, 3.63) is 59.7 Å². The molecule has 1 fully saturated rings. The second-order valence-corrected chi connectivity index (χ2v) is 9.80. The van der Waals surface area contributed by atoms with E-state index in [4.69, 9.17) is 4.74 Å². The number of ether oxygens (including phenoxy) is 1. The summed E-state index contributed by atoms with van der Waals surface area (Å²) in [5, 5.41) is 9.33.